The first-order valence-corrected chi connectivity index (χ1v) is 6.38. The summed E-state index contributed by atoms with van der Waals surface area (Å²) in [6, 6.07) is 11.4. The van der Waals surface area contributed by atoms with E-state index < -0.39 is 0 Å². The highest BCUT2D eigenvalue weighted by Gasteiger charge is 2.47. The van der Waals surface area contributed by atoms with Gasteiger partial charge in [-0.2, -0.15) is 5.96 Å². The molecular weight excluding hydrogens is 215 g/mol. The van der Waals surface area contributed by atoms with Crippen LogP contribution in [0.2, 0.25) is 0 Å². The molecule has 0 aliphatic heterocycles. The van der Waals surface area contributed by atoms with Crippen LogP contribution in [0.4, 0.5) is 10.2 Å². The molecule has 3 heteroatoms. The van der Waals surface area contributed by atoms with Crippen LogP contribution in [0.5, 0.6) is 0 Å². The minimum absolute atomic E-state index is 0.728. The Labute approximate surface area is 102 Å². The Bertz CT molecular complexity index is 339. The minimum Gasteiger partial charge on any atom is -0.382 e. The average Bonchev–Trinajstić information content (AvgIpc) is 3.16. The molecule has 3 N–H and O–H groups in total. The first kappa shape index (κ1) is 12.4. The standard InChI is InChI=1S/C14H19N.FH2N/c1-10-7-8-11-9-13(11)14(10)15-12-5-3-2-4-6-12;1-2/h2-6,10-11,13-15H,7-9H2,1H3;2H2. The highest BCUT2D eigenvalue weighted by molar-refractivity contribution is 5.44. The molecule has 1 aromatic carbocycles. The van der Waals surface area contributed by atoms with Crippen LogP contribution in [0.3, 0.4) is 0 Å². The Morgan fingerprint density at radius 1 is 1.18 bits per heavy atom. The van der Waals surface area contributed by atoms with Gasteiger partial charge in [0.2, 0.25) is 0 Å². The quantitative estimate of drug-likeness (QED) is 0.773. The summed E-state index contributed by atoms with van der Waals surface area (Å²) < 4.78 is 9.00. The van der Waals surface area contributed by atoms with Crippen molar-refractivity contribution >= 4 is 5.69 Å². The van der Waals surface area contributed by atoms with E-state index in [1.807, 2.05) is 0 Å². The second-order valence-corrected chi connectivity index (χ2v) is 5.25. The van der Waals surface area contributed by atoms with Gasteiger partial charge in [0, 0.05) is 11.7 Å². The maximum absolute atomic E-state index is 9.00. The monoisotopic (exact) mass is 236 g/mol. The maximum atomic E-state index is 9.00. The number of anilines is 1. The molecule has 2 saturated carbocycles. The number of nitrogens with two attached hydrogens (primary N) is 1. The molecule has 2 aliphatic carbocycles. The van der Waals surface area contributed by atoms with Gasteiger partial charge in [-0.25, -0.2) is 0 Å². The highest BCUT2D eigenvalue weighted by atomic mass is 19.2. The summed E-state index contributed by atoms with van der Waals surface area (Å²) in [5.74, 6) is 5.85. The number of para-hydroxylation sites is 1. The lowest BCUT2D eigenvalue weighted by molar-refractivity contribution is 0.333. The van der Waals surface area contributed by atoms with Crippen molar-refractivity contribution in [1.82, 2.24) is 0 Å². The molecule has 0 heterocycles. The molecule has 0 saturated heterocycles. The highest BCUT2D eigenvalue weighted by Crippen LogP contribution is 2.52. The lowest BCUT2D eigenvalue weighted by Crippen LogP contribution is -2.33. The Morgan fingerprint density at radius 2 is 1.88 bits per heavy atom. The van der Waals surface area contributed by atoms with E-state index in [1.54, 1.807) is 0 Å². The first-order chi connectivity index (χ1) is 8.34. The van der Waals surface area contributed by atoms with Crippen molar-refractivity contribution in [2.75, 3.05) is 5.32 Å². The zero-order chi connectivity index (χ0) is 12.3. The van der Waals surface area contributed by atoms with Gasteiger partial charge in [-0.05, 0) is 49.1 Å². The Balaban J connectivity index is 0.000000514. The molecule has 0 spiro atoms. The van der Waals surface area contributed by atoms with Crippen molar-refractivity contribution in [3.05, 3.63) is 30.3 Å². The number of fused-ring (bicyclic) bond motifs is 1. The summed E-state index contributed by atoms with van der Waals surface area (Å²) >= 11 is 0. The Morgan fingerprint density at radius 3 is 2.59 bits per heavy atom. The van der Waals surface area contributed by atoms with E-state index in [2.05, 4.69) is 48.5 Å². The molecule has 2 aliphatic rings. The molecule has 0 radical (unpaired) electrons. The molecule has 3 rings (SSSR count). The molecule has 4 atom stereocenters. The van der Waals surface area contributed by atoms with Crippen LogP contribution in [0.1, 0.15) is 26.2 Å². The van der Waals surface area contributed by atoms with Crippen LogP contribution in [-0.2, 0) is 0 Å². The largest absolute Gasteiger partial charge is 0.382 e. The smallest absolute Gasteiger partial charge is 0.0342 e. The summed E-state index contributed by atoms with van der Waals surface area (Å²) in [6.07, 6.45) is 4.35. The van der Waals surface area contributed by atoms with E-state index in [0.29, 0.717) is 0 Å². The number of nitrogens with one attached hydrogen (secondary N) is 1. The molecule has 2 fully saturated rings. The van der Waals surface area contributed by atoms with Gasteiger partial charge < -0.3 is 5.32 Å². The third-order valence-electron chi connectivity index (χ3n) is 4.15. The summed E-state index contributed by atoms with van der Waals surface area (Å²) in [4.78, 5) is 0. The van der Waals surface area contributed by atoms with Crippen molar-refractivity contribution in [2.45, 2.75) is 32.2 Å². The third kappa shape index (κ3) is 2.78. The summed E-state index contributed by atoms with van der Waals surface area (Å²) in [7, 11) is 0. The van der Waals surface area contributed by atoms with Crippen molar-refractivity contribution in [2.24, 2.45) is 23.7 Å². The van der Waals surface area contributed by atoms with E-state index in [1.165, 1.54) is 24.9 Å². The maximum Gasteiger partial charge on any atom is 0.0342 e. The summed E-state index contributed by atoms with van der Waals surface area (Å²) in [5.41, 5.74) is 1.29. The van der Waals surface area contributed by atoms with Gasteiger partial charge in [0.15, 0.2) is 0 Å². The zero-order valence-electron chi connectivity index (χ0n) is 10.3. The van der Waals surface area contributed by atoms with Crippen molar-refractivity contribution in [1.29, 1.82) is 0 Å². The number of rotatable bonds is 2. The number of hydrogen-bond acceptors (Lipinski definition) is 2. The van der Waals surface area contributed by atoms with E-state index in [4.69, 9.17) is 4.48 Å². The molecule has 0 bridgehead atoms. The normalized spacial score (nSPS) is 34.1. The second kappa shape index (κ2) is 5.50. The SMILES string of the molecule is CC1CCC2CC2C1Nc1ccccc1.NF. The second-order valence-electron chi connectivity index (χ2n) is 5.25. The van der Waals surface area contributed by atoms with Crippen LogP contribution < -0.4 is 11.3 Å². The van der Waals surface area contributed by atoms with Crippen LogP contribution in [0.25, 0.3) is 0 Å². The molecule has 94 valence electrons. The van der Waals surface area contributed by atoms with Gasteiger partial charge in [0.25, 0.3) is 0 Å². The van der Waals surface area contributed by atoms with Crippen molar-refractivity contribution < 1.29 is 4.48 Å². The van der Waals surface area contributed by atoms with E-state index in [-0.39, 0.29) is 0 Å². The molecule has 17 heavy (non-hydrogen) atoms. The third-order valence-corrected chi connectivity index (χ3v) is 4.15. The average molecular weight is 236 g/mol. The van der Waals surface area contributed by atoms with Crippen LogP contribution in [0.15, 0.2) is 30.3 Å². The fraction of sp³-hybridized carbons (Fsp3) is 0.571. The Hall–Kier alpha value is -1.09. The van der Waals surface area contributed by atoms with Gasteiger partial charge in [-0.15, -0.1) is 4.48 Å². The molecule has 1 aromatic rings. The van der Waals surface area contributed by atoms with Gasteiger partial charge in [0.1, 0.15) is 0 Å². The fourth-order valence-electron chi connectivity index (χ4n) is 3.10. The van der Waals surface area contributed by atoms with Crippen LogP contribution in [-0.4, -0.2) is 6.04 Å². The number of benzene rings is 1. The zero-order valence-corrected chi connectivity index (χ0v) is 10.3. The van der Waals surface area contributed by atoms with E-state index in [9.17, 15) is 0 Å². The van der Waals surface area contributed by atoms with E-state index >= 15 is 0 Å². The number of hydrogen-bond donors (Lipinski definition) is 2. The number of halogens is 1. The molecule has 4 unspecified atom stereocenters. The van der Waals surface area contributed by atoms with Crippen molar-refractivity contribution in [3.8, 4) is 0 Å². The van der Waals surface area contributed by atoms with Crippen LogP contribution in [0, 0.1) is 17.8 Å². The summed E-state index contributed by atoms with van der Waals surface area (Å²) in [5, 5.41) is 3.72. The van der Waals surface area contributed by atoms with Gasteiger partial charge in [0.05, 0.1) is 0 Å². The minimum atomic E-state index is 0.728. The van der Waals surface area contributed by atoms with E-state index in [0.717, 1.165) is 23.8 Å². The molecule has 0 aromatic heterocycles. The van der Waals surface area contributed by atoms with Gasteiger partial charge >= 0.3 is 0 Å². The lowest BCUT2D eigenvalue weighted by Gasteiger charge is -2.30. The first-order valence-electron chi connectivity index (χ1n) is 6.38. The fourth-order valence-corrected chi connectivity index (χ4v) is 3.10. The lowest BCUT2D eigenvalue weighted by atomic mass is 9.86. The predicted octanol–water partition coefficient (Wildman–Crippen LogP) is 3.36. The topological polar surface area (TPSA) is 38.0 Å². The van der Waals surface area contributed by atoms with Gasteiger partial charge in [-0.3, -0.25) is 0 Å². The van der Waals surface area contributed by atoms with Gasteiger partial charge in [-0.1, -0.05) is 25.1 Å². The van der Waals surface area contributed by atoms with Crippen molar-refractivity contribution in [3.63, 3.8) is 0 Å². The van der Waals surface area contributed by atoms with Crippen LogP contribution >= 0.6 is 0 Å². The summed E-state index contributed by atoms with van der Waals surface area (Å²) in [6.45, 7) is 2.40. The molecule has 2 nitrogen and oxygen atoms in total. The predicted molar refractivity (Wildman–Crippen MR) is 69.1 cm³/mol. The Kier molecular flexibility index (Phi) is 4.00. The molecule has 0 amide bonds. The molecular formula is C14H21FN2.